The summed E-state index contributed by atoms with van der Waals surface area (Å²) in [6, 6.07) is 17.9. The molecule has 0 aliphatic heterocycles. The first-order valence-corrected chi connectivity index (χ1v) is 12.4. The van der Waals surface area contributed by atoms with Crippen molar-refractivity contribution in [3.8, 4) is 0 Å². The number of ketones is 3. The van der Waals surface area contributed by atoms with Crippen LogP contribution in [-0.4, -0.2) is 22.5 Å². The third-order valence-corrected chi connectivity index (χ3v) is 7.66. The number of hydrogen-bond donors (Lipinski definition) is 1. The number of benzene rings is 3. The Balaban J connectivity index is 1.86. The van der Waals surface area contributed by atoms with Crippen LogP contribution in [0.2, 0.25) is 0 Å². The molecule has 1 N–H and O–H groups in total. The SMILES string of the molecule is CC1(C)CC(=O)C([C@H](C2=C(O)CC(C)(C)CC2=O)c2c3ccccc3cc3ccccc23)C(=O)C1. The van der Waals surface area contributed by atoms with E-state index in [-0.39, 0.29) is 53.4 Å². The Bertz CT molecular complexity index is 1350. The molecule has 1 fully saturated rings. The number of carbonyl (C=O) groups excluding carboxylic acids is 3. The molecule has 0 amide bonds. The van der Waals surface area contributed by atoms with E-state index in [1.807, 2.05) is 76.2 Å². The van der Waals surface area contributed by atoms with Crippen LogP contribution in [0.15, 0.2) is 65.9 Å². The Labute approximate surface area is 206 Å². The van der Waals surface area contributed by atoms with Gasteiger partial charge in [0, 0.05) is 37.2 Å². The molecular weight excluding hydrogens is 436 g/mol. The Kier molecular flexibility index (Phi) is 5.47. The largest absolute Gasteiger partial charge is 0.512 e. The van der Waals surface area contributed by atoms with Gasteiger partial charge in [0.1, 0.15) is 17.3 Å². The van der Waals surface area contributed by atoms with Gasteiger partial charge in [-0.3, -0.25) is 14.4 Å². The predicted octanol–water partition coefficient (Wildman–Crippen LogP) is 6.85. The van der Waals surface area contributed by atoms with Gasteiger partial charge in [0.15, 0.2) is 5.78 Å². The lowest BCUT2D eigenvalue weighted by Gasteiger charge is -2.39. The minimum atomic E-state index is -0.987. The highest BCUT2D eigenvalue weighted by Gasteiger charge is 2.49. The molecule has 4 nitrogen and oxygen atoms in total. The van der Waals surface area contributed by atoms with Crippen LogP contribution in [0.4, 0.5) is 0 Å². The Morgan fingerprint density at radius 3 is 1.74 bits per heavy atom. The zero-order chi connectivity index (χ0) is 25.1. The molecule has 3 aromatic rings. The second kappa shape index (κ2) is 8.15. The number of hydrogen-bond acceptors (Lipinski definition) is 4. The highest BCUT2D eigenvalue weighted by atomic mass is 16.3. The standard InChI is InChI=1S/C31H32O4/c1-30(2)14-22(32)27(23(33)15-30)29(28-24(34)16-31(3,4)17-25(28)35)26-20-11-7-5-9-18(20)13-19-10-6-8-12-21(19)26/h5-13,27,29,34H,14-17H2,1-4H3/t29-/m1/s1. The van der Waals surface area contributed by atoms with E-state index in [1.165, 1.54) is 0 Å². The summed E-state index contributed by atoms with van der Waals surface area (Å²) in [7, 11) is 0. The third kappa shape index (κ3) is 4.09. The number of rotatable bonds is 3. The van der Waals surface area contributed by atoms with E-state index in [0.717, 1.165) is 27.1 Å². The molecule has 0 spiro atoms. The Hall–Kier alpha value is -3.27. The van der Waals surface area contributed by atoms with Gasteiger partial charge in [-0.05, 0) is 44.0 Å². The van der Waals surface area contributed by atoms with Crippen molar-refractivity contribution in [3.63, 3.8) is 0 Å². The van der Waals surface area contributed by atoms with Crippen LogP contribution < -0.4 is 0 Å². The molecule has 4 heteroatoms. The average Bonchev–Trinajstić information content (AvgIpc) is 2.74. The maximum atomic E-state index is 13.7. The summed E-state index contributed by atoms with van der Waals surface area (Å²) in [5, 5.41) is 15.1. The molecule has 5 rings (SSSR count). The molecule has 180 valence electrons. The smallest absolute Gasteiger partial charge is 0.163 e. The summed E-state index contributed by atoms with van der Waals surface area (Å²) in [5.41, 5.74) is 0.251. The zero-order valence-corrected chi connectivity index (χ0v) is 20.9. The number of Topliss-reactive ketones (excluding diaryl/α,β-unsaturated/α-hetero) is 3. The second-order valence-corrected chi connectivity index (χ2v) is 11.9. The van der Waals surface area contributed by atoms with Gasteiger partial charge in [-0.15, -0.1) is 0 Å². The summed E-state index contributed by atoms with van der Waals surface area (Å²) in [6.45, 7) is 7.79. The predicted molar refractivity (Wildman–Crippen MR) is 138 cm³/mol. The van der Waals surface area contributed by atoms with E-state index in [0.29, 0.717) is 6.42 Å². The van der Waals surface area contributed by atoms with Crippen LogP contribution in [0.25, 0.3) is 21.5 Å². The molecule has 2 aliphatic carbocycles. The van der Waals surface area contributed by atoms with Gasteiger partial charge in [-0.1, -0.05) is 76.2 Å². The molecule has 2 aliphatic rings. The van der Waals surface area contributed by atoms with Crippen molar-refractivity contribution in [1.82, 2.24) is 0 Å². The lowest BCUT2D eigenvalue weighted by Crippen LogP contribution is -2.43. The van der Waals surface area contributed by atoms with Crippen molar-refractivity contribution >= 4 is 38.9 Å². The summed E-state index contributed by atoms with van der Waals surface area (Å²) >= 11 is 0. The molecule has 3 aromatic carbocycles. The van der Waals surface area contributed by atoms with Crippen molar-refractivity contribution < 1.29 is 19.5 Å². The number of fused-ring (bicyclic) bond motifs is 2. The Morgan fingerprint density at radius 2 is 1.23 bits per heavy atom. The van der Waals surface area contributed by atoms with Gasteiger partial charge in [0.2, 0.25) is 0 Å². The van der Waals surface area contributed by atoms with Crippen molar-refractivity contribution in [2.45, 2.75) is 59.3 Å². The number of allylic oxidation sites excluding steroid dienone is 2. The molecule has 0 saturated heterocycles. The van der Waals surface area contributed by atoms with E-state index in [2.05, 4.69) is 6.07 Å². The molecule has 0 bridgehead atoms. The lowest BCUT2D eigenvalue weighted by molar-refractivity contribution is -0.140. The minimum Gasteiger partial charge on any atom is -0.512 e. The monoisotopic (exact) mass is 468 g/mol. The fourth-order valence-electron chi connectivity index (χ4n) is 6.29. The summed E-state index contributed by atoms with van der Waals surface area (Å²) < 4.78 is 0. The second-order valence-electron chi connectivity index (χ2n) is 11.9. The van der Waals surface area contributed by atoms with Crippen molar-refractivity contribution in [2.75, 3.05) is 0 Å². The van der Waals surface area contributed by atoms with Crippen LogP contribution in [0.3, 0.4) is 0 Å². The highest BCUT2D eigenvalue weighted by Crippen LogP contribution is 2.50. The molecule has 35 heavy (non-hydrogen) atoms. The summed E-state index contributed by atoms with van der Waals surface area (Å²) in [6.07, 6.45) is 1.16. The molecule has 0 unspecified atom stereocenters. The van der Waals surface area contributed by atoms with Crippen molar-refractivity contribution in [2.24, 2.45) is 16.7 Å². The molecule has 1 saturated carbocycles. The normalized spacial score (nSPS) is 21.7. The fourth-order valence-corrected chi connectivity index (χ4v) is 6.29. The maximum Gasteiger partial charge on any atom is 0.163 e. The van der Waals surface area contributed by atoms with Gasteiger partial charge < -0.3 is 5.11 Å². The highest BCUT2D eigenvalue weighted by molar-refractivity contribution is 6.12. The Morgan fingerprint density at radius 1 is 0.743 bits per heavy atom. The lowest BCUT2D eigenvalue weighted by atomic mass is 9.62. The number of aliphatic hydroxyl groups excluding tert-OH is 1. The number of aliphatic hydroxyl groups is 1. The fraction of sp³-hybridized carbons (Fsp3) is 0.387. The van der Waals surface area contributed by atoms with Gasteiger partial charge in [0.05, 0.1) is 5.92 Å². The van der Waals surface area contributed by atoms with Gasteiger partial charge in [0.25, 0.3) is 0 Å². The first-order chi connectivity index (χ1) is 16.5. The summed E-state index contributed by atoms with van der Waals surface area (Å²) in [4.78, 5) is 41.0. The van der Waals surface area contributed by atoms with E-state index in [1.54, 1.807) is 0 Å². The number of carbonyl (C=O) groups is 3. The van der Waals surface area contributed by atoms with Gasteiger partial charge in [-0.25, -0.2) is 0 Å². The average molecular weight is 469 g/mol. The molecule has 1 atom stereocenters. The first kappa shape index (κ1) is 23.5. The van der Waals surface area contributed by atoms with Crippen LogP contribution in [-0.2, 0) is 14.4 Å². The first-order valence-electron chi connectivity index (χ1n) is 12.4. The van der Waals surface area contributed by atoms with E-state index in [9.17, 15) is 19.5 Å². The minimum absolute atomic E-state index is 0.0127. The van der Waals surface area contributed by atoms with E-state index in [4.69, 9.17) is 0 Å². The van der Waals surface area contributed by atoms with Crippen LogP contribution in [0.5, 0.6) is 0 Å². The van der Waals surface area contributed by atoms with Crippen LogP contribution in [0, 0.1) is 16.7 Å². The maximum absolute atomic E-state index is 13.7. The van der Waals surface area contributed by atoms with E-state index >= 15 is 0 Å². The van der Waals surface area contributed by atoms with Crippen molar-refractivity contribution in [1.29, 1.82) is 0 Å². The van der Waals surface area contributed by atoms with Gasteiger partial charge >= 0.3 is 0 Å². The topological polar surface area (TPSA) is 71.4 Å². The zero-order valence-electron chi connectivity index (χ0n) is 20.9. The van der Waals surface area contributed by atoms with Crippen molar-refractivity contribution in [3.05, 3.63) is 71.5 Å². The van der Waals surface area contributed by atoms with Crippen LogP contribution >= 0.6 is 0 Å². The molecule has 0 radical (unpaired) electrons. The quantitative estimate of drug-likeness (QED) is 0.337. The van der Waals surface area contributed by atoms with Gasteiger partial charge in [-0.2, -0.15) is 0 Å². The van der Waals surface area contributed by atoms with Crippen LogP contribution in [0.1, 0.15) is 64.9 Å². The third-order valence-electron chi connectivity index (χ3n) is 7.66. The molecular formula is C31H32O4. The molecule has 0 heterocycles. The summed E-state index contributed by atoms with van der Waals surface area (Å²) in [5.74, 6) is -2.26. The van der Waals surface area contributed by atoms with E-state index < -0.39 is 17.3 Å². The molecule has 0 aromatic heterocycles.